The summed E-state index contributed by atoms with van der Waals surface area (Å²) in [5.74, 6) is -1.17. The van der Waals surface area contributed by atoms with Gasteiger partial charge in [-0.3, -0.25) is 4.79 Å². The molecule has 29 heavy (non-hydrogen) atoms. The Labute approximate surface area is 168 Å². The van der Waals surface area contributed by atoms with E-state index in [1.807, 2.05) is 44.2 Å². The van der Waals surface area contributed by atoms with Gasteiger partial charge in [-0.05, 0) is 30.4 Å². The lowest BCUT2D eigenvalue weighted by atomic mass is 10.0. The highest BCUT2D eigenvalue weighted by Gasteiger charge is 2.30. The number of carbonyl (C=O) groups excluding carboxylic acids is 1. The molecule has 1 saturated carbocycles. The molecule has 1 amide bonds. The molecule has 0 unspecified atom stereocenters. The van der Waals surface area contributed by atoms with Crippen LogP contribution in [-0.4, -0.2) is 33.2 Å². The van der Waals surface area contributed by atoms with Gasteiger partial charge in [-0.1, -0.05) is 49.3 Å². The molecule has 1 aliphatic rings. The van der Waals surface area contributed by atoms with Crippen LogP contribution in [0.15, 0.2) is 40.9 Å². The van der Waals surface area contributed by atoms with Crippen molar-refractivity contribution in [2.24, 2.45) is 0 Å². The van der Waals surface area contributed by atoms with Crippen molar-refractivity contribution in [2.75, 3.05) is 0 Å². The molecule has 0 spiro atoms. The lowest BCUT2D eigenvalue weighted by molar-refractivity contribution is -0.139. The summed E-state index contributed by atoms with van der Waals surface area (Å²) in [6.45, 7) is 3.92. The van der Waals surface area contributed by atoms with E-state index in [4.69, 9.17) is 4.52 Å². The summed E-state index contributed by atoms with van der Waals surface area (Å²) in [4.78, 5) is 29.5. The molecule has 2 aromatic heterocycles. The Balaban J connectivity index is 1.69. The number of fused-ring (bicyclic) bond motifs is 1. The topological polar surface area (TPSA) is 105 Å². The Morgan fingerprint density at radius 1 is 1.24 bits per heavy atom. The second-order valence-corrected chi connectivity index (χ2v) is 7.83. The van der Waals surface area contributed by atoms with Crippen molar-refractivity contribution >= 4 is 23.0 Å². The third kappa shape index (κ3) is 3.99. The number of nitrogens with one attached hydrogen (secondary N) is 1. The molecule has 0 bridgehead atoms. The van der Waals surface area contributed by atoms with Crippen LogP contribution in [0.1, 0.15) is 65.8 Å². The Morgan fingerprint density at radius 2 is 1.97 bits per heavy atom. The van der Waals surface area contributed by atoms with E-state index < -0.39 is 17.9 Å². The quantitative estimate of drug-likeness (QED) is 0.635. The minimum Gasteiger partial charge on any atom is -0.480 e. The van der Waals surface area contributed by atoms with Gasteiger partial charge in [0.1, 0.15) is 6.04 Å². The molecule has 3 aromatic rings. The van der Waals surface area contributed by atoms with Crippen molar-refractivity contribution in [3.05, 3.63) is 58.9 Å². The van der Waals surface area contributed by atoms with Crippen LogP contribution in [0.4, 0.5) is 0 Å². The first kappa shape index (κ1) is 19.1. The summed E-state index contributed by atoms with van der Waals surface area (Å²) in [6.07, 6.45) is 2.25. The molecule has 1 aliphatic carbocycles. The number of amides is 1. The van der Waals surface area contributed by atoms with Gasteiger partial charge >= 0.3 is 5.97 Å². The highest BCUT2D eigenvalue weighted by Crippen LogP contribution is 2.41. The second-order valence-electron chi connectivity index (χ2n) is 7.83. The lowest BCUT2D eigenvalue weighted by Gasteiger charge is -2.16. The zero-order valence-corrected chi connectivity index (χ0v) is 16.4. The summed E-state index contributed by atoms with van der Waals surface area (Å²) in [7, 11) is 0. The molecular formula is C22H23N3O4. The number of nitrogens with zero attached hydrogens (tertiary/aromatic N) is 2. The van der Waals surface area contributed by atoms with Crippen molar-refractivity contribution in [2.45, 2.75) is 51.0 Å². The Bertz CT molecular complexity index is 1050. The average Bonchev–Trinajstić information content (AvgIpc) is 3.46. The van der Waals surface area contributed by atoms with Gasteiger partial charge in [-0.15, -0.1) is 0 Å². The van der Waals surface area contributed by atoms with E-state index in [1.54, 1.807) is 6.07 Å². The first-order valence-electron chi connectivity index (χ1n) is 9.82. The van der Waals surface area contributed by atoms with E-state index in [-0.39, 0.29) is 12.3 Å². The van der Waals surface area contributed by atoms with E-state index in [9.17, 15) is 14.7 Å². The van der Waals surface area contributed by atoms with E-state index in [1.165, 1.54) is 0 Å². The van der Waals surface area contributed by atoms with Crippen LogP contribution in [-0.2, 0) is 11.2 Å². The number of aromatic nitrogens is 2. The number of carbonyl (C=O) groups is 2. The fourth-order valence-corrected chi connectivity index (χ4v) is 3.44. The Kier molecular flexibility index (Phi) is 5.05. The third-order valence-electron chi connectivity index (χ3n) is 5.17. The highest BCUT2D eigenvalue weighted by molar-refractivity contribution is 6.07. The van der Waals surface area contributed by atoms with Gasteiger partial charge in [0.15, 0.2) is 0 Å². The molecule has 1 aromatic carbocycles. The number of carboxylic acid groups (broad SMARTS) is 1. The van der Waals surface area contributed by atoms with Crippen LogP contribution in [0.5, 0.6) is 0 Å². The summed E-state index contributed by atoms with van der Waals surface area (Å²) in [6, 6.07) is 9.96. The molecule has 7 nitrogen and oxygen atoms in total. The maximum atomic E-state index is 13.2. The predicted octanol–water partition coefficient (Wildman–Crippen LogP) is 3.65. The third-order valence-corrected chi connectivity index (χ3v) is 5.17. The van der Waals surface area contributed by atoms with Crippen LogP contribution >= 0.6 is 0 Å². The highest BCUT2D eigenvalue weighted by atomic mass is 16.5. The van der Waals surface area contributed by atoms with Gasteiger partial charge < -0.3 is 14.9 Å². The molecule has 0 aliphatic heterocycles. The molecule has 2 N–H and O–H groups in total. The van der Waals surface area contributed by atoms with Crippen LogP contribution in [0.25, 0.3) is 11.1 Å². The molecule has 1 fully saturated rings. The van der Waals surface area contributed by atoms with Gasteiger partial charge in [0.05, 0.1) is 16.6 Å². The summed E-state index contributed by atoms with van der Waals surface area (Å²) < 4.78 is 5.41. The minimum atomic E-state index is -1.08. The summed E-state index contributed by atoms with van der Waals surface area (Å²) in [5, 5.41) is 17.0. The van der Waals surface area contributed by atoms with Crippen molar-refractivity contribution in [3.8, 4) is 0 Å². The fourth-order valence-electron chi connectivity index (χ4n) is 3.44. The van der Waals surface area contributed by atoms with Gasteiger partial charge in [0.2, 0.25) is 0 Å². The Morgan fingerprint density at radius 3 is 2.59 bits per heavy atom. The van der Waals surface area contributed by atoms with Crippen LogP contribution < -0.4 is 5.32 Å². The van der Waals surface area contributed by atoms with Gasteiger partial charge in [0.25, 0.3) is 11.6 Å². The summed E-state index contributed by atoms with van der Waals surface area (Å²) >= 11 is 0. The van der Waals surface area contributed by atoms with Gasteiger partial charge in [0, 0.05) is 18.0 Å². The van der Waals surface area contributed by atoms with Gasteiger partial charge in [-0.2, -0.15) is 0 Å². The second kappa shape index (κ2) is 7.66. The monoisotopic (exact) mass is 393 g/mol. The van der Waals surface area contributed by atoms with Gasteiger partial charge in [-0.25, -0.2) is 9.78 Å². The van der Waals surface area contributed by atoms with Crippen LogP contribution in [0.2, 0.25) is 0 Å². The number of benzene rings is 1. The first-order valence-corrected chi connectivity index (χ1v) is 9.82. The Hall–Kier alpha value is -3.22. The number of pyridine rings is 1. The van der Waals surface area contributed by atoms with Crippen LogP contribution in [0, 0.1) is 0 Å². The van der Waals surface area contributed by atoms with E-state index in [0.29, 0.717) is 28.3 Å². The number of hydrogen-bond donors (Lipinski definition) is 2. The largest absolute Gasteiger partial charge is 0.480 e. The first-order chi connectivity index (χ1) is 13.9. The van der Waals surface area contributed by atoms with E-state index in [2.05, 4.69) is 15.5 Å². The summed E-state index contributed by atoms with van der Waals surface area (Å²) in [5.41, 5.74) is 2.99. The molecule has 2 heterocycles. The van der Waals surface area contributed by atoms with Crippen molar-refractivity contribution in [1.82, 2.24) is 15.5 Å². The molecule has 0 saturated heterocycles. The fraction of sp³-hybridized carbons (Fsp3) is 0.364. The van der Waals surface area contributed by atoms with Crippen molar-refractivity contribution in [3.63, 3.8) is 0 Å². The molecule has 0 radical (unpaired) electrons. The van der Waals surface area contributed by atoms with E-state index in [0.717, 1.165) is 24.1 Å². The lowest BCUT2D eigenvalue weighted by Crippen LogP contribution is -2.42. The molecule has 4 rings (SSSR count). The number of aliphatic carboxylic acids is 1. The average molecular weight is 393 g/mol. The van der Waals surface area contributed by atoms with E-state index >= 15 is 0 Å². The smallest absolute Gasteiger partial charge is 0.326 e. The normalized spacial score (nSPS) is 14.9. The molecule has 150 valence electrons. The maximum absolute atomic E-state index is 13.2. The number of rotatable bonds is 7. The van der Waals surface area contributed by atoms with Crippen LogP contribution in [0.3, 0.4) is 0 Å². The molecule has 1 atom stereocenters. The molecule has 7 heteroatoms. The zero-order valence-electron chi connectivity index (χ0n) is 16.4. The minimum absolute atomic E-state index is 0.0379. The SMILES string of the molecule is CC(C)c1noc2nc(C3CC3)cc(C(=O)N[C@H](Cc3ccccc3)C(=O)O)c12. The number of hydrogen-bond acceptors (Lipinski definition) is 5. The molecular weight excluding hydrogens is 370 g/mol. The number of carboxylic acids is 1. The van der Waals surface area contributed by atoms with Crippen molar-refractivity contribution in [1.29, 1.82) is 0 Å². The van der Waals surface area contributed by atoms with Crippen molar-refractivity contribution < 1.29 is 19.2 Å². The standard InChI is InChI=1S/C22H23N3O4/c1-12(2)19-18-15(11-16(14-8-9-14)24-21(18)29-25-19)20(26)23-17(22(27)28)10-13-6-4-3-5-7-13/h3-7,11-12,14,17H,8-10H2,1-2H3,(H,23,26)(H,27,28)/t17-/m1/s1. The zero-order chi connectivity index (χ0) is 20.5. The predicted molar refractivity (Wildman–Crippen MR) is 107 cm³/mol. The maximum Gasteiger partial charge on any atom is 0.326 e.